The molecule has 0 saturated carbocycles. The van der Waals surface area contributed by atoms with Crippen LogP contribution in [0.25, 0.3) is 11.6 Å². The van der Waals surface area contributed by atoms with Crippen molar-refractivity contribution in [3.05, 3.63) is 47.1 Å². The Bertz CT molecular complexity index is 848. The van der Waals surface area contributed by atoms with Crippen LogP contribution in [0.15, 0.2) is 56.7 Å². The molecule has 1 aromatic carbocycles. The van der Waals surface area contributed by atoms with Crippen LogP contribution in [0.3, 0.4) is 0 Å². The van der Waals surface area contributed by atoms with E-state index in [2.05, 4.69) is 31.4 Å². The van der Waals surface area contributed by atoms with Gasteiger partial charge in [0.2, 0.25) is 5.91 Å². The number of furan rings is 1. The first-order valence-corrected chi connectivity index (χ1v) is 8.88. The maximum Gasteiger partial charge on any atom is 0.237 e. The van der Waals surface area contributed by atoms with Crippen molar-refractivity contribution in [2.24, 2.45) is 7.05 Å². The fraction of sp³-hybridized carbons (Fsp3) is 0.188. The number of benzene rings is 1. The molecule has 0 radical (unpaired) electrons. The molecule has 24 heavy (non-hydrogen) atoms. The van der Waals surface area contributed by atoms with Crippen molar-refractivity contribution in [1.82, 2.24) is 14.8 Å². The quantitative estimate of drug-likeness (QED) is 0.649. The maximum atomic E-state index is 12.4. The zero-order valence-corrected chi connectivity index (χ0v) is 15.5. The molecule has 1 N–H and O–H groups in total. The summed E-state index contributed by atoms with van der Waals surface area (Å²) in [6, 6.07) is 11.1. The molecule has 1 atom stereocenters. The summed E-state index contributed by atoms with van der Waals surface area (Å²) in [6.07, 6.45) is 1.59. The third-order valence-corrected chi connectivity index (χ3v) is 4.95. The number of nitrogens with zero attached hydrogens (tertiary/aromatic N) is 3. The molecule has 3 rings (SSSR count). The Morgan fingerprint density at radius 3 is 2.88 bits per heavy atom. The van der Waals surface area contributed by atoms with Crippen molar-refractivity contribution >= 4 is 39.3 Å². The van der Waals surface area contributed by atoms with Gasteiger partial charge < -0.3 is 14.3 Å². The number of carbonyl (C=O) groups excluding carboxylic acids is 1. The molecule has 0 aliphatic heterocycles. The third-order valence-electron chi connectivity index (χ3n) is 3.32. The molecule has 1 amide bonds. The number of hydrogen-bond acceptors (Lipinski definition) is 5. The topological polar surface area (TPSA) is 73.0 Å². The molecule has 124 valence electrons. The lowest BCUT2D eigenvalue weighted by molar-refractivity contribution is -0.115. The van der Waals surface area contributed by atoms with Gasteiger partial charge in [0.05, 0.1) is 11.5 Å². The van der Waals surface area contributed by atoms with Crippen molar-refractivity contribution in [2.75, 3.05) is 5.32 Å². The summed E-state index contributed by atoms with van der Waals surface area (Å²) in [5, 5.41) is 11.5. The molecule has 0 spiro atoms. The first-order valence-electron chi connectivity index (χ1n) is 7.21. The number of halogens is 1. The lowest BCUT2D eigenvalue weighted by atomic mass is 10.3. The van der Waals surface area contributed by atoms with Gasteiger partial charge in [-0.25, -0.2) is 0 Å². The number of thioether (sulfide) groups is 1. The highest BCUT2D eigenvalue weighted by atomic mass is 79.9. The highest BCUT2D eigenvalue weighted by Gasteiger charge is 2.20. The average molecular weight is 407 g/mol. The van der Waals surface area contributed by atoms with Crippen LogP contribution in [0.1, 0.15) is 6.92 Å². The van der Waals surface area contributed by atoms with E-state index in [4.69, 9.17) is 4.42 Å². The molecule has 0 bridgehead atoms. The number of nitrogens with one attached hydrogen (secondary N) is 1. The second-order valence-corrected chi connectivity index (χ2v) is 7.33. The van der Waals surface area contributed by atoms with Gasteiger partial charge in [0, 0.05) is 17.2 Å². The number of anilines is 1. The number of hydrogen-bond donors (Lipinski definition) is 1. The Morgan fingerprint density at radius 1 is 1.33 bits per heavy atom. The Hall–Kier alpha value is -2.06. The van der Waals surface area contributed by atoms with Gasteiger partial charge in [-0.2, -0.15) is 0 Å². The number of aromatic nitrogens is 3. The molecule has 2 heterocycles. The van der Waals surface area contributed by atoms with Gasteiger partial charge in [0.1, 0.15) is 0 Å². The van der Waals surface area contributed by atoms with E-state index in [-0.39, 0.29) is 11.2 Å². The fourth-order valence-electron chi connectivity index (χ4n) is 2.06. The van der Waals surface area contributed by atoms with Gasteiger partial charge in [0.15, 0.2) is 16.7 Å². The minimum atomic E-state index is -0.323. The maximum absolute atomic E-state index is 12.4. The van der Waals surface area contributed by atoms with E-state index in [1.807, 2.05) is 48.9 Å². The van der Waals surface area contributed by atoms with Crippen molar-refractivity contribution in [3.63, 3.8) is 0 Å². The first-order chi connectivity index (χ1) is 11.5. The first kappa shape index (κ1) is 16.8. The summed E-state index contributed by atoms with van der Waals surface area (Å²) < 4.78 is 8.07. The Morgan fingerprint density at radius 2 is 2.17 bits per heavy atom. The Labute approximate surface area is 151 Å². The van der Waals surface area contributed by atoms with Crippen molar-refractivity contribution in [2.45, 2.75) is 17.3 Å². The molecule has 0 aliphatic rings. The van der Waals surface area contributed by atoms with Crippen LogP contribution in [0.5, 0.6) is 0 Å². The highest BCUT2D eigenvalue weighted by molar-refractivity contribution is 9.10. The zero-order chi connectivity index (χ0) is 17.1. The SMILES string of the molecule is C[C@@H](Sc1nnc(-c2ccco2)n1C)C(=O)Nc1cccc(Br)c1. The fourth-order valence-corrected chi connectivity index (χ4v) is 3.27. The molecule has 0 unspecified atom stereocenters. The highest BCUT2D eigenvalue weighted by Crippen LogP contribution is 2.26. The lowest BCUT2D eigenvalue weighted by Gasteiger charge is -2.11. The molecule has 2 aromatic heterocycles. The lowest BCUT2D eigenvalue weighted by Crippen LogP contribution is -2.22. The van der Waals surface area contributed by atoms with Gasteiger partial charge in [-0.1, -0.05) is 33.8 Å². The summed E-state index contributed by atoms with van der Waals surface area (Å²) in [4.78, 5) is 12.4. The van der Waals surface area contributed by atoms with Gasteiger partial charge in [-0.3, -0.25) is 4.79 Å². The third kappa shape index (κ3) is 3.70. The standard InChI is InChI=1S/C16H15BrN4O2S/c1-10(15(22)18-12-6-3-5-11(17)9-12)24-16-20-19-14(21(16)2)13-7-4-8-23-13/h3-10H,1-2H3,(H,18,22)/t10-/m1/s1. The van der Waals surface area contributed by atoms with Crippen molar-refractivity contribution < 1.29 is 9.21 Å². The summed E-state index contributed by atoms with van der Waals surface area (Å²) in [5.41, 5.74) is 0.746. The monoisotopic (exact) mass is 406 g/mol. The van der Waals surface area contributed by atoms with Crippen LogP contribution < -0.4 is 5.32 Å². The molecule has 0 fully saturated rings. The molecule has 6 nitrogen and oxygen atoms in total. The second kappa shape index (κ2) is 7.23. The molecule has 0 aliphatic carbocycles. The van der Waals surface area contributed by atoms with Gasteiger partial charge in [0.25, 0.3) is 0 Å². The van der Waals surface area contributed by atoms with E-state index in [9.17, 15) is 4.79 Å². The van der Waals surface area contributed by atoms with Crippen LogP contribution in [0.4, 0.5) is 5.69 Å². The average Bonchev–Trinajstić information content (AvgIpc) is 3.18. The number of amides is 1. The number of carbonyl (C=O) groups is 1. The van der Waals surface area contributed by atoms with Gasteiger partial charge in [-0.15, -0.1) is 10.2 Å². The molecule has 3 aromatic rings. The zero-order valence-electron chi connectivity index (χ0n) is 13.1. The molecular formula is C16H15BrN4O2S. The summed E-state index contributed by atoms with van der Waals surface area (Å²) in [7, 11) is 1.85. The summed E-state index contributed by atoms with van der Waals surface area (Å²) >= 11 is 4.73. The van der Waals surface area contributed by atoms with Gasteiger partial charge >= 0.3 is 0 Å². The van der Waals surface area contributed by atoms with E-state index < -0.39 is 0 Å². The number of rotatable bonds is 5. The normalized spacial score (nSPS) is 12.1. The van der Waals surface area contributed by atoms with Gasteiger partial charge in [-0.05, 0) is 37.3 Å². The Kier molecular flexibility index (Phi) is 5.06. The second-order valence-electron chi connectivity index (χ2n) is 5.10. The largest absolute Gasteiger partial charge is 0.461 e. The Balaban J connectivity index is 1.68. The van der Waals surface area contributed by atoms with E-state index in [0.717, 1.165) is 10.2 Å². The molecular weight excluding hydrogens is 392 g/mol. The predicted octanol–water partition coefficient (Wildman–Crippen LogP) is 3.96. The molecule has 8 heteroatoms. The van der Waals surface area contributed by atoms with Crippen LogP contribution in [-0.2, 0) is 11.8 Å². The van der Waals surface area contributed by atoms with Crippen LogP contribution >= 0.6 is 27.7 Å². The van der Waals surface area contributed by atoms with Crippen LogP contribution in [0.2, 0.25) is 0 Å². The van der Waals surface area contributed by atoms with Crippen molar-refractivity contribution in [1.29, 1.82) is 0 Å². The predicted molar refractivity (Wildman–Crippen MR) is 96.8 cm³/mol. The van der Waals surface area contributed by atoms with E-state index in [1.54, 1.807) is 12.3 Å². The minimum absolute atomic E-state index is 0.0966. The van der Waals surface area contributed by atoms with Crippen LogP contribution in [-0.4, -0.2) is 25.9 Å². The summed E-state index contributed by atoms with van der Waals surface area (Å²) in [6.45, 7) is 1.83. The van der Waals surface area contributed by atoms with E-state index >= 15 is 0 Å². The van der Waals surface area contributed by atoms with E-state index in [0.29, 0.717) is 16.7 Å². The van der Waals surface area contributed by atoms with Crippen molar-refractivity contribution in [3.8, 4) is 11.6 Å². The van der Waals surface area contributed by atoms with Crippen LogP contribution in [0, 0.1) is 0 Å². The minimum Gasteiger partial charge on any atom is -0.461 e. The summed E-state index contributed by atoms with van der Waals surface area (Å²) in [5.74, 6) is 1.17. The smallest absolute Gasteiger partial charge is 0.237 e. The van der Waals surface area contributed by atoms with E-state index in [1.165, 1.54) is 11.8 Å². The molecule has 0 saturated heterocycles.